The van der Waals surface area contributed by atoms with Gasteiger partial charge >= 0.3 is 5.97 Å². The van der Waals surface area contributed by atoms with Gasteiger partial charge in [0.2, 0.25) is 0 Å². The van der Waals surface area contributed by atoms with Crippen molar-refractivity contribution in [3.8, 4) is 0 Å². The highest BCUT2D eigenvalue weighted by atomic mass is 16.4. The first-order valence-corrected chi connectivity index (χ1v) is 6.63. The van der Waals surface area contributed by atoms with Crippen molar-refractivity contribution in [2.75, 3.05) is 0 Å². The summed E-state index contributed by atoms with van der Waals surface area (Å²) in [6, 6.07) is 4.31. The maximum Gasteiger partial charge on any atom is 0.303 e. The van der Waals surface area contributed by atoms with Gasteiger partial charge in [0, 0.05) is 12.6 Å². The Kier molecular flexibility index (Phi) is 4.17. The maximum absolute atomic E-state index is 10.5. The highest BCUT2D eigenvalue weighted by Gasteiger charge is 2.08. The van der Waals surface area contributed by atoms with Gasteiger partial charge in [0.05, 0.1) is 18.7 Å². The van der Waals surface area contributed by atoms with Crippen molar-refractivity contribution in [3.05, 3.63) is 46.3 Å². The first-order valence-electron chi connectivity index (χ1n) is 6.63. The average molecular weight is 273 g/mol. The van der Waals surface area contributed by atoms with Crippen LogP contribution < -0.4 is 0 Å². The SMILES string of the molecule is Cc1cc(C)c(Cn2cc(CCC(=O)O)nn2)c(C)c1. The van der Waals surface area contributed by atoms with Crippen LogP contribution in [0, 0.1) is 20.8 Å². The lowest BCUT2D eigenvalue weighted by atomic mass is 10.00. The molecule has 2 rings (SSSR count). The zero-order valence-corrected chi connectivity index (χ0v) is 12.1. The molecule has 0 unspecified atom stereocenters. The van der Waals surface area contributed by atoms with Crippen LogP contribution in [-0.2, 0) is 17.8 Å². The van der Waals surface area contributed by atoms with Gasteiger partial charge in [-0.3, -0.25) is 4.79 Å². The lowest BCUT2D eigenvalue weighted by molar-refractivity contribution is -0.136. The molecule has 5 nitrogen and oxygen atoms in total. The molecule has 0 aliphatic heterocycles. The summed E-state index contributed by atoms with van der Waals surface area (Å²) in [6.07, 6.45) is 2.32. The highest BCUT2D eigenvalue weighted by molar-refractivity contribution is 5.66. The smallest absolute Gasteiger partial charge is 0.303 e. The first-order chi connectivity index (χ1) is 9.45. The number of carbonyl (C=O) groups is 1. The Balaban J connectivity index is 2.13. The molecule has 106 valence electrons. The molecular formula is C15H19N3O2. The van der Waals surface area contributed by atoms with Crippen molar-refractivity contribution in [1.82, 2.24) is 15.0 Å². The molecular weight excluding hydrogens is 254 g/mol. The number of aromatic nitrogens is 3. The number of aryl methyl sites for hydroxylation is 4. The zero-order chi connectivity index (χ0) is 14.7. The number of rotatable bonds is 5. The van der Waals surface area contributed by atoms with E-state index in [1.54, 1.807) is 4.68 Å². The summed E-state index contributed by atoms with van der Waals surface area (Å²) in [4.78, 5) is 10.5. The molecule has 0 bridgehead atoms. The predicted molar refractivity (Wildman–Crippen MR) is 75.7 cm³/mol. The number of nitrogens with zero attached hydrogens (tertiary/aromatic N) is 3. The van der Waals surface area contributed by atoms with Crippen LogP contribution in [0.4, 0.5) is 0 Å². The number of aliphatic carboxylic acids is 1. The third-order valence-electron chi connectivity index (χ3n) is 3.34. The van der Waals surface area contributed by atoms with Crippen LogP contribution in [0.5, 0.6) is 0 Å². The fourth-order valence-electron chi connectivity index (χ4n) is 2.39. The first kappa shape index (κ1) is 14.2. The summed E-state index contributed by atoms with van der Waals surface area (Å²) in [5, 5.41) is 16.7. The maximum atomic E-state index is 10.5. The van der Waals surface area contributed by atoms with Crippen LogP contribution in [0.1, 0.15) is 34.4 Å². The van der Waals surface area contributed by atoms with Crippen LogP contribution in [0.2, 0.25) is 0 Å². The second-order valence-corrected chi connectivity index (χ2v) is 5.18. The second-order valence-electron chi connectivity index (χ2n) is 5.18. The minimum absolute atomic E-state index is 0.0846. The third-order valence-corrected chi connectivity index (χ3v) is 3.34. The number of carboxylic acid groups (broad SMARTS) is 1. The molecule has 5 heteroatoms. The van der Waals surface area contributed by atoms with Crippen molar-refractivity contribution in [2.45, 2.75) is 40.2 Å². The molecule has 0 saturated carbocycles. The van der Waals surface area contributed by atoms with Gasteiger partial charge in [-0.15, -0.1) is 5.10 Å². The average Bonchev–Trinajstić information content (AvgIpc) is 2.79. The molecule has 0 atom stereocenters. The molecule has 0 aliphatic rings. The molecule has 1 heterocycles. The zero-order valence-electron chi connectivity index (χ0n) is 12.1. The predicted octanol–water partition coefficient (Wildman–Crippen LogP) is 2.27. The Labute approximate surface area is 118 Å². The van der Waals surface area contributed by atoms with E-state index in [2.05, 4.69) is 43.2 Å². The summed E-state index contributed by atoms with van der Waals surface area (Å²) in [5.41, 5.74) is 5.69. The van der Waals surface area contributed by atoms with E-state index in [1.807, 2.05) is 6.20 Å². The molecule has 0 amide bonds. The molecule has 0 saturated heterocycles. The van der Waals surface area contributed by atoms with E-state index in [0.29, 0.717) is 13.0 Å². The Morgan fingerprint density at radius 3 is 2.50 bits per heavy atom. The van der Waals surface area contributed by atoms with Crippen molar-refractivity contribution in [3.63, 3.8) is 0 Å². The van der Waals surface area contributed by atoms with Crippen molar-refractivity contribution in [2.24, 2.45) is 0 Å². The lowest BCUT2D eigenvalue weighted by Gasteiger charge is -2.10. The Bertz CT molecular complexity index is 609. The fourth-order valence-corrected chi connectivity index (χ4v) is 2.39. The topological polar surface area (TPSA) is 68.0 Å². The van der Waals surface area contributed by atoms with E-state index in [-0.39, 0.29) is 6.42 Å². The van der Waals surface area contributed by atoms with Gasteiger partial charge < -0.3 is 5.11 Å². The monoisotopic (exact) mass is 273 g/mol. The molecule has 1 N–H and O–H groups in total. The standard InChI is InChI=1S/C15H19N3O2/c1-10-6-11(2)14(12(3)7-10)9-18-8-13(16-17-18)4-5-15(19)20/h6-8H,4-5,9H2,1-3H3,(H,19,20). The van der Waals surface area contributed by atoms with Gasteiger partial charge in [-0.25, -0.2) is 4.68 Å². The van der Waals surface area contributed by atoms with E-state index < -0.39 is 5.97 Å². The number of hydrogen-bond donors (Lipinski definition) is 1. The summed E-state index contributed by atoms with van der Waals surface area (Å²) >= 11 is 0. The molecule has 1 aromatic heterocycles. The Hall–Kier alpha value is -2.17. The van der Waals surface area contributed by atoms with Crippen LogP contribution in [0.25, 0.3) is 0 Å². The molecule has 0 radical (unpaired) electrons. The molecule has 0 spiro atoms. The quantitative estimate of drug-likeness (QED) is 0.907. The van der Waals surface area contributed by atoms with Gasteiger partial charge in [-0.05, 0) is 37.5 Å². The van der Waals surface area contributed by atoms with Gasteiger partial charge in [-0.1, -0.05) is 22.9 Å². The van der Waals surface area contributed by atoms with E-state index in [9.17, 15) is 4.79 Å². The van der Waals surface area contributed by atoms with Crippen molar-refractivity contribution < 1.29 is 9.90 Å². The number of carboxylic acids is 1. The summed E-state index contributed by atoms with van der Waals surface area (Å²) in [6.45, 7) is 6.94. The molecule has 20 heavy (non-hydrogen) atoms. The van der Waals surface area contributed by atoms with Crippen LogP contribution in [-0.4, -0.2) is 26.1 Å². The summed E-state index contributed by atoms with van der Waals surface area (Å²) in [7, 11) is 0. The van der Waals surface area contributed by atoms with Crippen LogP contribution in [0.3, 0.4) is 0 Å². The normalized spacial score (nSPS) is 10.8. The summed E-state index contributed by atoms with van der Waals surface area (Å²) < 4.78 is 1.77. The lowest BCUT2D eigenvalue weighted by Crippen LogP contribution is -2.05. The van der Waals surface area contributed by atoms with Crippen LogP contribution >= 0.6 is 0 Å². The highest BCUT2D eigenvalue weighted by Crippen LogP contribution is 2.17. The van der Waals surface area contributed by atoms with Gasteiger partial charge in [0.15, 0.2) is 0 Å². The molecule has 1 aromatic carbocycles. The van der Waals surface area contributed by atoms with Crippen molar-refractivity contribution in [1.29, 1.82) is 0 Å². The Morgan fingerprint density at radius 1 is 1.25 bits per heavy atom. The number of hydrogen-bond acceptors (Lipinski definition) is 3. The third kappa shape index (κ3) is 3.44. The van der Waals surface area contributed by atoms with Gasteiger partial charge in [-0.2, -0.15) is 0 Å². The Morgan fingerprint density at radius 2 is 1.90 bits per heavy atom. The van der Waals surface area contributed by atoms with Gasteiger partial charge in [0.25, 0.3) is 0 Å². The minimum atomic E-state index is -0.815. The minimum Gasteiger partial charge on any atom is -0.481 e. The van der Waals surface area contributed by atoms with Gasteiger partial charge in [0.1, 0.15) is 0 Å². The van der Waals surface area contributed by atoms with Crippen LogP contribution in [0.15, 0.2) is 18.3 Å². The summed E-state index contributed by atoms with van der Waals surface area (Å²) in [5.74, 6) is -0.815. The molecule has 0 aliphatic carbocycles. The van der Waals surface area contributed by atoms with Crippen molar-refractivity contribution >= 4 is 5.97 Å². The van der Waals surface area contributed by atoms with E-state index in [0.717, 1.165) is 5.69 Å². The number of benzene rings is 1. The van der Waals surface area contributed by atoms with E-state index in [4.69, 9.17) is 5.11 Å². The molecule has 0 fully saturated rings. The van der Waals surface area contributed by atoms with E-state index >= 15 is 0 Å². The second kappa shape index (κ2) is 5.86. The molecule has 2 aromatic rings. The largest absolute Gasteiger partial charge is 0.481 e. The van der Waals surface area contributed by atoms with E-state index in [1.165, 1.54) is 22.3 Å². The fraction of sp³-hybridized carbons (Fsp3) is 0.400.